The molecule has 1 aromatic rings. The Morgan fingerprint density at radius 1 is 1.17 bits per heavy atom. The first-order chi connectivity index (χ1) is 8.85. The maximum atomic E-state index is 5.52. The van der Waals surface area contributed by atoms with E-state index in [0.29, 0.717) is 25.2 Å². The van der Waals surface area contributed by atoms with Gasteiger partial charge in [0.15, 0.2) is 6.29 Å². The minimum atomic E-state index is -0.114. The van der Waals surface area contributed by atoms with Gasteiger partial charge in [-0.1, -0.05) is 30.3 Å². The molecule has 18 heavy (non-hydrogen) atoms. The van der Waals surface area contributed by atoms with Crippen LogP contribution in [0.25, 0.3) is 0 Å². The molecule has 1 aliphatic carbocycles. The summed E-state index contributed by atoms with van der Waals surface area (Å²) in [6.45, 7) is 6.15. The molecule has 100 valence electrons. The van der Waals surface area contributed by atoms with Crippen LogP contribution in [0.3, 0.4) is 0 Å². The molecule has 0 saturated heterocycles. The smallest absolute Gasteiger partial charge is 0.169 e. The zero-order chi connectivity index (χ0) is 12.8. The summed E-state index contributed by atoms with van der Waals surface area (Å²) >= 11 is 0. The summed E-state index contributed by atoms with van der Waals surface area (Å²) in [5.41, 5.74) is 1.43. The molecule has 1 N–H and O–H groups in total. The Morgan fingerprint density at radius 2 is 1.83 bits per heavy atom. The van der Waals surface area contributed by atoms with E-state index in [2.05, 4.69) is 35.6 Å². The van der Waals surface area contributed by atoms with Gasteiger partial charge in [-0.2, -0.15) is 0 Å². The third-order valence-electron chi connectivity index (χ3n) is 3.27. The molecule has 2 unspecified atom stereocenters. The zero-order valence-electron chi connectivity index (χ0n) is 11.3. The second-order valence-electron chi connectivity index (χ2n) is 4.61. The lowest BCUT2D eigenvalue weighted by Crippen LogP contribution is -2.33. The highest BCUT2D eigenvalue weighted by atomic mass is 16.7. The Balaban J connectivity index is 1.72. The topological polar surface area (TPSA) is 30.5 Å². The van der Waals surface area contributed by atoms with Crippen molar-refractivity contribution >= 4 is 0 Å². The highest BCUT2D eigenvalue weighted by Gasteiger charge is 2.38. The first kappa shape index (κ1) is 13.5. The third-order valence-corrected chi connectivity index (χ3v) is 3.27. The summed E-state index contributed by atoms with van der Waals surface area (Å²) in [4.78, 5) is 0. The molecule has 0 spiro atoms. The van der Waals surface area contributed by atoms with E-state index < -0.39 is 0 Å². The molecular weight excluding hydrogens is 226 g/mol. The monoisotopic (exact) mass is 249 g/mol. The van der Waals surface area contributed by atoms with Gasteiger partial charge in [-0.05, 0) is 25.8 Å². The van der Waals surface area contributed by atoms with Gasteiger partial charge < -0.3 is 14.8 Å². The van der Waals surface area contributed by atoms with Gasteiger partial charge in [0.1, 0.15) is 0 Å². The molecule has 0 amide bonds. The molecule has 1 saturated carbocycles. The highest BCUT2D eigenvalue weighted by Crippen LogP contribution is 2.40. The van der Waals surface area contributed by atoms with Gasteiger partial charge in [-0.15, -0.1) is 0 Å². The van der Waals surface area contributed by atoms with Gasteiger partial charge in [-0.25, -0.2) is 0 Å². The van der Waals surface area contributed by atoms with E-state index >= 15 is 0 Å². The summed E-state index contributed by atoms with van der Waals surface area (Å²) in [5.74, 6) is 0.662. The molecule has 0 heterocycles. The predicted molar refractivity (Wildman–Crippen MR) is 72.6 cm³/mol. The summed E-state index contributed by atoms with van der Waals surface area (Å²) < 4.78 is 11.0. The van der Waals surface area contributed by atoms with Crippen LogP contribution in [0.5, 0.6) is 0 Å². The number of rotatable bonds is 8. The lowest BCUT2D eigenvalue weighted by molar-refractivity contribution is -0.133. The molecule has 2 atom stereocenters. The third kappa shape index (κ3) is 3.80. The Morgan fingerprint density at radius 3 is 2.44 bits per heavy atom. The van der Waals surface area contributed by atoms with Crippen LogP contribution in [-0.2, 0) is 9.47 Å². The van der Waals surface area contributed by atoms with Crippen LogP contribution < -0.4 is 5.32 Å². The van der Waals surface area contributed by atoms with E-state index in [9.17, 15) is 0 Å². The van der Waals surface area contributed by atoms with Crippen LogP contribution in [0.15, 0.2) is 30.3 Å². The number of hydrogen-bond donors (Lipinski definition) is 1. The van der Waals surface area contributed by atoms with Crippen molar-refractivity contribution in [3.05, 3.63) is 35.9 Å². The zero-order valence-corrected chi connectivity index (χ0v) is 11.3. The molecule has 1 fully saturated rings. The second kappa shape index (κ2) is 6.88. The van der Waals surface area contributed by atoms with Crippen molar-refractivity contribution in [1.29, 1.82) is 0 Å². The van der Waals surface area contributed by atoms with Crippen molar-refractivity contribution in [1.82, 2.24) is 5.32 Å². The normalized spacial score (nSPS) is 22.4. The Kier molecular flexibility index (Phi) is 5.17. The van der Waals surface area contributed by atoms with Gasteiger partial charge in [0.25, 0.3) is 0 Å². The van der Waals surface area contributed by atoms with E-state index in [-0.39, 0.29) is 6.29 Å². The fourth-order valence-corrected chi connectivity index (χ4v) is 2.27. The van der Waals surface area contributed by atoms with Crippen LogP contribution in [-0.4, -0.2) is 32.1 Å². The van der Waals surface area contributed by atoms with Gasteiger partial charge >= 0.3 is 0 Å². The van der Waals surface area contributed by atoms with E-state index in [1.54, 1.807) is 0 Å². The van der Waals surface area contributed by atoms with Gasteiger partial charge in [-0.3, -0.25) is 0 Å². The molecule has 0 radical (unpaired) electrons. The van der Waals surface area contributed by atoms with Crippen LogP contribution in [0.2, 0.25) is 0 Å². The van der Waals surface area contributed by atoms with Crippen molar-refractivity contribution in [2.45, 2.75) is 38.5 Å². The predicted octanol–water partition coefficient (Wildman–Crippen LogP) is 2.53. The maximum Gasteiger partial charge on any atom is 0.169 e. The Hall–Kier alpha value is -0.900. The number of ether oxygens (including phenoxy) is 2. The van der Waals surface area contributed by atoms with Crippen LogP contribution in [0.1, 0.15) is 31.7 Å². The van der Waals surface area contributed by atoms with Crippen LogP contribution in [0, 0.1) is 0 Å². The first-order valence-corrected chi connectivity index (χ1v) is 6.86. The molecule has 1 aliphatic rings. The van der Waals surface area contributed by atoms with Gasteiger partial charge in [0.05, 0.1) is 0 Å². The van der Waals surface area contributed by atoms with Crippen molar-refractivity contribution < 1.29 is 9.47 Å². The van der Waals surface area contributed by atoms with E-state index in [1.807, 2.05) is 13.8 Å². The first-order valence-electron chi connectivity index (χ1n) is 6.86. The molecule has 2 rings (SSSR count). The second-order valence-corrected chi connectivity index (χ2v) is 4.61. The van der Waals surface area contributed by atoms with Crippen molar-refractivity contribution in [2.75, 3.05) is 19.8 Å². The fourth-order valence-electron chi connectivity index (χ4n) is 2.27. The maximum absolute atomic E-state index is 5.52. The fraction of sp³-hybridized carbons (Fsp3) is 0.600. The molecule has 0 aromatic heterocycles. The van der Waals surface area contributed by atoms with E-state index in [0.717, 1.165) is 6.54 Å². The largest absolute Gasteiger partial charge is 0.352 e. The van der Waals surface area contributed by atoms with Gasteiger partial charge in [0, 0.05) is 31.7 Å². The average Bonchev–Trinajstić information content (AvgIpc) is 3.17. The number of benzene rings is 1. The molecular formula is C15H23NO2. The summed E-state index contributed by atoms with van der Waals surface area (Å²) in [6, 6.07) is 11.3. The summed E-state index contributed by atoms with van der Waals surface area (Å²) in [5, 5.41) is 3.52. The van der Waals surface area contributed by atoms with Crippen LogP contribution in [0.4, 0.5) is 0 Å². The summed E-state index contributed by atoms with van der Waals surface area (Å²) in [7, 11) is 0. The standard InChI is InChI=1S/C15H23NO2/c1-3-17-15(18-4-2)11-16-14-10-13(14)12-8-6-5-7-9-12/h5-9,13-16H,3-4,10-11H2,1-2H3. The quantitative estimate of drug-likeness (QED) is 0.718. The van der Waals surface area contributed by atoms with Crippen LogP contribution >= 0.6 is 0 Å². The lowest BCUT2D eigenvalue weighted by Gasteiger charge is -2.17. The Labute approximate surface area is 109 Å². The summed E-state index contributed by atoms with van der Waals surface area (Å²) in [6.07, 6.45) is 1.10. The molecule has 1 aromatic carbocycles. The molecule has 3 nitrogen and oxygen atoms in total. The van der Waals surface area contributed by atoms with Crippen molar-refractivity contribution in [3.8, 4) is 0 Å². The average molecular weight is 249 g/mol. The molecule has 0 bridgehead atoms. The van der Waals surface area contributed by atoms with Crippen molar-refractivity contribution in [2.24, 2.45) is 0 Å². The van der Waals surface area contributed by atoms with Crippen molar-refractivity contribution in [3.63, 3.8) is 0 Å². The molecule has 3 heteroatoms. The van der Waals surface area contributed by atoms with E-state index in [1.165, 1.54) is 12.0 Å². The lowest BCUT2D eigenvalue weighted by atomic mass is 10.1. The molecule has 0 aliphatic heterocycles. The SMILES string of the molecule is CCOC(CNC1CC1c1ccccc1)OCC. The number of hydrogen-bond acceptors (Lipinski definition) is 3. The minimum absolute atomic E-state index is 0.114. The number of nitrogens with one attached hydrogen (secondary N) is 1. The van der Waals surface area contributed by atoms with E-state index in [4.69, 9.17) is 9.47 Å². The highest BCUT2D eigenvalue weighted by molar-refractivity contribution is 5.27. The Bertz CT molecular complexity index is 336. The van der Waals surface area contributed by atoms with Gasteiger partial charge in [0.2, 0.25) is 0 Å². The minimum Gasteiger partial charge on any atom is -0.352 e.